The SMILES string of the molecule is C=C(C)C(=O)CCCC(=O)NC(C)C. The summed E-state index contributed by atoms with van der Waals surface area (Å²) < 4.78 is 0. The van der Waals surface area contributed by atoms with Gasteiger partial charge in [0.15, 0.2) is 5.78 Å². The second-order valence-corrected chi connectivity index (χ2v) is 3.78. The van der Waals surface area contributed by atoms with Crippen molar-refractivity contribution in [1.82, 2.24) is 5.32 Å². The van der Waals surface area contributed by atoms with Crippen LogP contribution >= 0.6 is 0 Å². The first-order chi connectivity index (χ1) is 6.43. The molecule has 0 aliphatic heterocycles. The standard InChI is InChI=1S/C11H19NO2/c1-8(2)10(13)6-5-7-11(14)12-9(3)4/h9H,1,5-7H2,2-4H3,(H,12,14). The summed E-state index contributed by atoms with van der Waals surface area (Å²) in [6.45, 7) is 9.07. The van der Waals surface area contributed by atoms with Crippen molar-refractivity contribution < 1.29 is 9.59 Å². The molecule has 0 aliphatic carbocycles. The van der Waals surface area contributed by atoms with Crippen LogP contribution in [0.5, 0.6) is 0 Å². The Balaban J connectivity index is 3.59. The molecular formula is C11H19NO2. The number of carbonyl (C=O) groups is 2. The number of hydrogen-bond donors (Lipinski definition) is 1. The lowest BCUT2D eigenvalue weighted by molar-refractivity contribution is -0.121. The Hall–Kier alpha value is -1.12. The predicted octanol–water partition coefficient (Wildman–Crippen LogP) is 1.83. The number of amides is 1. The molecule has 0 aromatic rings. The number of allylic oxidation sites excluding steroid dienone is 1. The Morgan fingerprint density at radius 3 is 2.29 bits per heavy atom. The topological polar surface area (TPSA) is 46.2 Å². The largest absolute Gasteiger partial charge is 0.354 e. The van der Waals surface area contributed by atoms with Crippen molar-refractivity contribution in [2.24, 2.45) is 0 Å². The summed E-state index contributed by atoms with van der Waals surface area (Å²) in [6.07, 6.45) is 1.43. The Labute approximate surface area is 85.6 Å². The number of rotatable bonds is 6. The molecule has 0 atom stereocenters. The number of nitrogens with one attached hydrogen (secondary N) is 1. The summed E-state index contributed by atoms with van der Waals surface area (Å²) >= 11 is 0. The second kappa shape index (κ2) is 6.35. The number of hydrogen-bond acceptors (Lipinski definition) is 2. The van der Waals surface area contributed by atoms with Crippen molar-refractivity contribution in [3.8, 4) is 0 Å². The second-order valence-electron chi connectivity index (χ2n) is 3.78. The highest BCUT2D eigenvalue weighted by atomic mass is 16.1. The monoisotopic (exact) mass is 197 g/mol. The molecule has 0 aliphatic rings. The van der Waals surface area contributed by atoms with E-state index < -0.39 is 0 Å². The third-order valence-electron chi connectivity index (χ3n) is 1.73. The van der Waals surface area contributed by atoms with Crippen molar-refractivity contribution in [3.63, 3.8) is 0 Å². The zero-order valence-corrected chi connectivity index (χ0v) is 9.22. The summed E-state index contributed by atoms with van der Waals surface area (Å²) in [6, 6.07) is 0.166. The van der Waals surface area contributed by atoms with Crippen LogP contribution in [0.3, 0.4) is 0 Å². The van der Waals surface area contributed by atoms with E-state index in [2.05, 4.69) is 11.9 Å². The molecule has 0 aromatic heterocycles. The third kappa shape index (κ3) is 6.40. The molecule has 0 spiro atoms. The van der Waals surface area contributed by atoms with Crippen molar-refractivity contribution in [1.29, 1.82) is 0 Å². The van der Waals surface area contributed by atoms with Gasteiger partial charge in [0.2, 0.25) is 5.91 Å². The van der Waals surface area contributed by atoms with Crippen LogP contribution in [0.15, 0.2) is 12.2 Å². The first-order valence-electron chi connectivity index (χ1n) is 4.91. The van der Waals surface area contributed by atoms with Crippen LogP contribution in [0.2, 0.25) is 0 Å². The molecule has 14 heavy (non-hydrogen) atoms. The normalized spacial score (nSPS) is 10.0. The lowest BCUT2D eigenvalue weighted by atomic mass is 10.1. The molecule has 0 unspecified atom stereocenters. The molecule has 1 amide bonds. The van der Waals surface area contributed by atoms with E-state index in [0.717, 1.165) is 0 Å². The Morgan fingerprint density at radius 2 is 1.86 bits per heavy atom. The molecule has 0 aromatic carbocycles. The fourth-order valence-electron chi connectivity index (χ4n) is 1.02. The van der Waals surface area contributed by atoms with Gasteiger partial charge in [0.1, 0.15) is 0 Å². The Bertz CT molecular complexity index is 231. The number of carbonyl (C=O) groups excluding carboxylic acids is 2. The van der Waals surface area contributed by atoms with E-state index in [1.165, 1.54) is 0 Å². The predicted molar refractivity (Wildman–Crippen MR) is 57.0 cm³/mol. The van der Waals surface area contributed by atoms with E-state index in [0.29, 0.717) is 24.8 Å². The van der Waals surface area contributed by atoms with E-state index in [4.69, 9.17) is 0 Å². The van der Waals surface area contributed by atoms with Crippen molar-refractivity contribution in [2.45, 2.75) is 46.1 Å². The molecule has 80 valence electrons. The fraction of sp³-hybridized carbons (Fsp3) is 0.636. The molecule has 1 N–H and O–H groups in total. The van der Waals surface area contributed by atoms with E-state index >= 15 is 0 Å². The van der Waals surface area contributed by atoms with Crippen molar-refractivity contribution in [3.05, 3.63) is 12.2 Å². The van der Waals surface area contributed by atoms with E-state index in [1.807, 2.05) is 13.8 Å². The molecule has 3 nitrogen and oxygen atoms in total. The zero-order chi connectivity index (χ0) is 11.1. The molecule has 0 bridgehead atoms. The minimum Gasteiger partial charge on any atom is -0.354 e. The fourth-order valence-corrected chi connectivity index (χ4v) is 1.02. The van der Waals surface area contributed by atoms with Crippen LogP contribution in [0.25, 0.3) is 0 Å². The lowest BCUT2D eigenvalue weighted by Crippen LogP contribution is -2.29. The van der Waals surface area contributed by atoms with Crippen LogP contribution in [-0.4, -0.2) is 17.7 Å². The molecule has 0 fully saturated rings. The van der Waals surface area contributed by atoms with Gasteiger partial charge in [-0.25, -0.2) is 0 Å². The molecule has 0 saturated carbocycles. The summed E-state index contributed by atoms with van der Waals surface area (Å²) in [5, 5.41) is 2.77. The van der Waals surface area contributed by atoms with E-state index in [9.17, 15) is 9.59 Å². The van der Waals surface area contributed by atoms with Gasteiger partial charge in [0.05, 0.1) is 0 Å². The molecular weight excluding hydrogens is 178 g/mol. The lowest BCUT2D eigenvalue weighted by Gasteiger charge is -2.07. The van der Waals surface area contributed by atoms with Gasteiger partial charge in [0, 0.05) is 18.9 Å². The van der Waals surface area contributed by atoms with E-state index in [1.54, 1.807) is 6.92 Å². The Kier molecular flexibility index (Phi) is 5.84. The van der Waals surface area contributed by atoms with Crippen LogP contribution in [0.4, 0.5) is 0 Å². The summed E-state index contributed by atoms with van der Waals surface area (Å²) in [4.78, 5) is 22.3. The number of ketones is 1. The quantitative estimate of drug-likeness (QED) is 0.660. The average molecular weight is 197 g/mol. The van der Waals surface area contributed by atoms with Gasteiger partial charge in [-0.05, 0) is 32.8 Å². The molecule has 0 saturated heterocycles. The highest BCUT2D eigenvalue weighted by Gasteiger charge is 2.06. The zero-order valence-electron chi connectivity index (χ0n) is 9.22. The van der Waals surface area contributed by atoms with Gasteiger partial charge in [0.25, 0.3) is 0 Å². The van der Waals surface area contributed by atoms with Gasteiger partial charge < -0.3 is 5.32 Å². The van der Waals surface area contributed by atoms with E-state index in [-0.39, 0.29) is 17.7 Å². The van der Waals surface area contributed by atoms with Crippen molar-refractivity contribution in [2.75, 3.05) is 0 Å². The van der Waals surface area contributed by atoms with Gasteiger partial charge in [-0.1, -0.05) is 6.58 Å². The summed E-state index contributed by atoms with van der Waals surface area (Å²) in [5.41, 5.74) is 0.564. The minimum absolute atomic E-state index is 0.00881. The van der Waals surface area contributed by atoms with Crippen LogP contribution in [-0.2, 0) is 9.59 Å². The van der Waals surface area contributed by atoms with Gasteiger partial charge in [-0.3, -0.25) is 9.59 Å². The summed E-state index contributed by atoms with van der Waals surface area (Å²) in [7, 11) is 0. The molecule has 3 heteroatoms. The highest BCUT2D eigenvalue weighted by Crippen LogP contribution is 2.02. The van der Waals surface area contributed by atoms with Crippen LogP contribution in [0, 0.1) is 0 Å². The highest BCUT2D eigenvalue weighted by molar-refractivity contribution is 5.94. The average Bonchev–Trinajstić information content (AvgIpc) is 2.02. The minimum atomic E-state index is 0.00881. The number of Topliss-reactive ketones (excluding diaryl/α,β-unsaturated/α-hetero) is 1. The first kappa shape index (κ1) is 12.9. The molecule has 0 rings (SSSR count). The molecule has 0 radical (unpaired) electrons. The van der Waals surface area contributed by atoms with Crippen molar-refractivity contribution >= 4 is 11.7 Å². The Morgan fingerprint density at radius 1 is 1.29 bits per heavy atom. The molecule has 0 heterocycles. The van der Waals surface area contributed by atoms with Crippen LogP contribution < -0.4 is 5.32 Å². The maximum atomic E-state index is 11.2. The van der Waals surface area contributed by atoms with Gasteiger partial charge in [-0.15, -0.1) is 0 Å². The summed E-state index contributed by atoms with van der Waals surface area (Å²) in [5.74, 6) is 0.0527. The maximum absolute atomic E-state index is 11.2. The first-order valence-corrected chi connectivity index (χ1v) is 4.91. The van der Waals surface area contributed by atoms with Gasteiger partial charge in [-0.2, -0.15) is 0 Å². The maximum Gasteiger partial charge on any atom is 0.220 e. The smallest absolute Gasteiger partial charge is 0.220 e. The third-order valence-corrected chi connectivity index (χ3v) is 1.73. The van der Waals surface area contributed by atoms with Crippen LogP contribution in [0.1, 0.15) is 40.0 Å². The van der Waals surface area contributed by atoms with Gasteiger partial charge >= 0.3 is 0 Å².